The van der Waals surface area contributed by atoms with Gasteiger partial charge in [-0.25, -0.2) is 4.79 Å². The maximum atomic E-state index is 11.5. The summed E-state index contributed by atoms with van der Waals surface area (Å²) >= 11 is 0. The number of carbonyl (C=O) groups is 3. The van der Waals surface area contributed by atoms with Crippen molar-refractivity contribution in [1.29, 1.82) is 0 Å². The third-order valence-corrected chi connectivity index (χ3v) is 2.06. The number of anilines is 2. The Morgan fingerprint density at radius 3 is 2.05 bits per heavy atom. The minimum Gasteiger partial charge on any atom is -0.465 e. The maximum absolute atomic E-state index is 11.5. The largest absolute Gasteiger partial charge is 0.465 e. The lowest BCUT2D eigenvalue weighted by atomic mass is 10.2. The zero-order chi connectivity index (χ0) is 14.3. The first-order chi connectivity index (χ1) is 9.02. The first-order valence-corrected chi connectivity index (χ1v) is 5.38. The Labute approximate surface area is 109 Å². The summed E-state index contributed by atoms with van der Waals surface area (Å²) in [5.74, 6) is -0.942. The third kappa shape index (κ3) is 5.04. The maximum Gasteiger partial charge on any atom is 0.405 e. The van der Waals surface area contributed by atoms with E-state index in [1.165, 1.54) is 0 Å². The van der Waals surface area contributed by atoms with Crippen molar-refractivity contribution in [2.24, 2.45) is 5.73 Å². The van der Waals surface area contributed by atoms with Gasteiger partial charge in [0.25, 0.3) is 0 Å². The molecule has 0 aliphatic rings. The number of benzene rings is 1. The van der Waals surface area contributed by atoms with Crippen LogP contribution in [0.5, 0.6) is 0 Å². The SMILES string of the molecule is NCC(=O)Nc1ccccc1NC(=O)CNC(=O)O. The van der Waals surface area contributed by atoms with Gasteiger partial charge < -0.3 is 26.8 Å². The first kappa shape index (κ1) is 14.5. The van der Waals surface area contributed by atoms with E-state index >= 15 is 0 Å². The molecule has 0 saturated heterocycles. The summed E-state index contributed by atoms with van der Waals surface area (Å²) in [6.45, 7) is -0.558. The molecule has 1 aromatic rings. The monoisotopic (exact) mass is 266 g/mol. The molecule has 19 heavy (non-hydrogen) atoms. The Balaban J connectivity index is 2.69. The zero-order valence-electron chi connectivity index (χ0n) is 9.97. The molecular formula is C11H14N4O4. The molecule has 0 aliphatic carbocycles. The molecule has 6 N–H and O–H groups in total. The van der Waals surface area contributed by atoms with Crippen LogP contribution in [0.4, 0.5) is 16.2 Å². The van der Waals surface area contributed by atoms with E-state index in [4.69, 9.17) is 10.8 Å². The number of carbonyl (C=O) groups excluding carboxylic acids is 2. The molecule has 3 amide bonds. The van der Waals surface area contributed by atoms with Gasteiger partial charge in [-0.3, -0.25) is 9.59 Å². The van der Waals surface area contributed by atoms with Crippen LogP contribution in [0.1, 0.15) is 0 Å². The van der Waals surface area contributed by atoms with Crippen LogP contribution in [0.15, 0.2) is 24.3 Å². The number of carboxylic acid groups (broad SMARTS) is 1. The number of rotatable bonds is 5. The van der Waals surface area contributed by atoms with Gasteiger partial charge in [-0.2, -0.15) is 0 Å². The molecule has 1 aromatic carbocycles. The van der Waals surface area contributed by atoms with E-state index in [1.807, 2.05) is 5.32 Å². The molecule has 0 unspecified atom stereocenters. The van der Waals surface area contributed by atoms with E-state index in [1.54, 1.807) is 24.3 Å². The highest BCUT2D eigenvalue weighted by Crippen LogP contribution is 2.20. The molecule has 0 saturated carbocycles. The van der Waals surface area contributed by atoms with Gasteiger partial charge in [-0.15, -0.1) is 0 Å². The molecular weight excluding hydrogens is 252 g/mol. The van der Waals surface area contributed by atoms with Gasteiger partial charge in [0.15, 0.2) is 0 Å². The number of para-hydroxylation sites is 2. The lowest BCUT2D eigenvalue weighted by molar-refractivity contribution is -0.116. The summed E-state index contributed by atoms with van der Waals surface area (Å²) in [4.78, 5) is 32.9. The van der Waals surface area contributed by atoms with Crippen LogP contribution in [0.2, 0.25) is 0 Å². The molecule has 0 aliphatic heterocycles. The molecule has 0 spiro atoms. The molecule has 0 bridgehead atoms. The Morgan fingerprint density at radius 1 is 1.05 bits per heavy atom. The summed E-state index contributed by atoms with van der Waals surface area (Å²) in [7, 11) is 0. The predicted octanol–water partition coefficient (Wildman–Crippen LogP) is -0.210. The average Bonchev–Trinajstić information content (AvgIpc) is 2.38. The van der Waals surface area contributed by atoms with Gasteiger partial charge in [-0.05, 0) is 12.1 Å². The second-order valence-corrected chi connectivity index (χ2v) is 3.50. The molecule has 0 atom stereocenters. The Hall–Kier alpha value is -2.61. The summed E-state index contributed by atoms with van der Waals surface area (Å²) in [5.41, 5.74) is 5.93. The standard InChI is InChI=1S/C11H14N4O4/c12-5-9(16)14-7-3-1-2-4-8(7)15-10(17)6-13-11(18)19/h1-4,13H,5-6,12H2,(H,14,16)(H,15,17)(H,18,19). The topological polar surface area (TPSA) is 134 Å². The Bertz CT molecular complexity index is 489. The summed E-state index contributed by atoms with van der Waals surface area (Å²) in [6.07, 6.45) is -1.29. The number of hydrogen-bond acceptors (Lipinski definition) is 4. The van der Waals surface area contributed by atoms with Gasteiger partial charge in [0.2, 0.25) is 11.8 Å². The van der Waals surface area contributed by atoms with Crippen molar-refractivity contribution in [2.75, 3.05) is 23.7 Å². The summed E-state index contributed by atoms with van der Waals surface area (Å²) < 4.78 is 0. The highest BCUT2D eigenvalue weighted by atomic mass is 16.4. The fourth-order valence-electron chi connectivity index (χ4n) is 1.25. The average molecular weight is 266 g/mol. The van der Waals surface area contributed by atoms with Crippen molar-refractivity contribution in [3.05, 3.63) is 24.3 Å². The van der Waals surface area contributed by atoms with Crippen molar-refractivity contribution in [3.63, 3.8) is 0 Å². The molecule has 8 heteroatoms. The van der Waals surface area contributed by atoms with Crippen molar-refractivity contribution >= 4 is 29.3 Å². The smallest absolute Gasteiger partial charge is 0.405 e. The van der Waals surface area contributed by atoms with Crippen molar-refractivity contribution in [3.8, 4) is 0 Å². The second-order valence-electron chi connectivity index (χ2n) is 3.50. The van der Waals surface area contributed by atoms with Gasteiger partial charge in [0.1, 0.15) is 6.54 Å². The minimum absolute atomic E-state index is 0.178. The van der Waals surface area contributed by atoms with E-state index in [-0.39, 0.29) is 13.1 Å². The van der Waals surface area contributed by atoms with Crippen LogP contribution in [-0.2, 0) is 9.59 Å². The quantitative estimate of drug-likeness (QED) is 0.502. The van der Waals surface area contributed by atoms with Gasteiger partial charge in [-0.1, -0.05) is 12.1 Å². The third-order valence-electron chi connectivity index (χ3n) is 2.06. The fraction of sp³-hybridized carbons (Fsp3) is 0.182. The number of amides is 3. The van der Waals surface area contributed by atoms with E-state index in [2.05, 4.69) is 10.6 Å². The van der Waals surface area contributed by atoms with Crippen molar-refractivity contribution < 1.29 is 19.5 Å². The van der Waals surface area contributed by atoms with Gasteiger partial charge in [0.05, 0.1) is 17.9 Å². The lowest BCUT2D eigenvalue weighted by Crippen LogP contribution is -2.32. The Morgan fingerprint density at radius 2 is 1.58 bits per heavy atom. The molecule has 1 rings (SSSR count). The summed E-state index contributed by atoms with van der Waals surface area (Å²) in [6, 6.07) is 6.51. The number of nitrogens with two attached hydrogens (primary N) is 1. The van der Waals surface area contributed by atoms with Crippen LogP contribution < -0.4 is 21.7 Å². The number of hydrogen-bond donors (Lipinski definition) is 5. The predicted molar refractivity (Wildman–Crippen MR) is 68.8 cm³/mol. The highest BCUT2D eigenvalue weighted by Gasteiger charge is 2.09. The van der Waals surface area contributed by atoms with Crippen molar-refractivity contribution in [1.82, 2.24) is 5.32 Å². The molecule has 0 heterocycles. The van der Waals surface area contributed by atoms with Crippen LogP contribution in [0, 0.1) is 0 Å². The fourth-order valence-corrected chi connectivity index (χ4v) is 1.25. The van der Waals surface area contributed by atoms with E-state index in [9.17, 15) is 14.4 Å². The minimum atomic E-state index is -1.29. The van der Waals surface area contributed by atoms with Crippen molar-refractivity contribution in [2.45, 2.75) is 0 Å². The molecule has 0 fully saturated rings. The van der Waals surface area contributed by atoms with E-state index < -0.39 is 17.9 Å². The van der Waals surface area contributed by atoms with Gasteiger partial charge in [0, 0.05) is 0 Å². The van der Waals surface area contributed by atoms with Crippen LogP contribution >= 0.6 is 0 Å². The first-order valence-electron chi connectivity index (χ1n) is 5.38. The van der Waals surface area contributed by atoms with Crippen LogP contribution in [0.3, 0.4) is 0 Å². The van der Waals surface area contributed by atoms with Crippen LogP contribution in [-0.4, -0.2) is 36.1 Å². The van der Waals surface area contributed by atoms with E-state index in [0.717, 1.165) is 0 Å². The van der Waals surface area contributed by atoms with Gasteiger partial charge >= 0.3 is 6.09 Å². The zero-order valence-corrected chi connectivity index (χ0v) is 9.97. The Kier molecular flexibility index (Phi) is 5.30. The second kappa shape index (κ2) is 6.97. The molecule has 0 aromatic heterocycles. The normalized spacial score (nSPS) is 9.53. The molecule has 0 radical (unpaired) electrons. The number of nitrogens with one attached hydrogen (secondary N) is 3. The van der Waals surface area contributed by atoms with Crippen LogP contribution in [0.25, 0.3) is 0 Å². The highest BCUT2D eigenvalue weighted by molar-refractivity contribution is 6.01. The molecule has 8 nitrogen and oxygen atoms in total. The van der Waals surface area contributed by atoms with E-state index in [0.29, 0.717) is 11.4 Å². The summed E-state index contributed by atoms with van der Waals surface area (Å²) in [5, 5.41) is 15.3. The lowest BCUT2D eigenvalue weighted by Gasteiger charge is -2.11. The molecule has 102 valence electrons.